The summed E-state index contributed by atoms with van der Waals surface area (Å²) in [5.41, 5.74) is 2.70. The van der Waals surface area contributed by atoms with Crippen LogP contribution in [0.1, 0.15) is 30.1 Å². The van der Waals surface area contributed by atoms with Crippen molar-refractivity contribution >= 4 is 23.4 Å². The third kappa shape index (κ3) is 4.74. The second-order valence-corrected chi connectivity index (χ2v) is 7.58. The number of anilines is 1. The number of thioether (sulfide) groups is 1. The minimum atomic E-state index is -0.120. The third-order valence-electron chi connectivity index (χ3n) is 4.25. The van der Waals surface area contributed by atoms with Crippen LogP contribution in [-0.4, -0.2) is 30.9 Å². The predicted octanol–water partition coefficient (Wildman–Crippen LogP) is 3.80. The average Bonchev–Trinajstić information content (AvgIpc) is 3.33. The highest BCUT2D eigenvalue weighted by molar-refractivity contribution is 7.98. The van der Waals surface area contributed by atoms with Crippen molar-refractivity contribution in [2.24, 2.45) is 0 Å². The molecule has 0 radical (unpaired) electrons. The number of carbonyl (C=O) groups excluding carboxylic acids is 1. The van der Waals surface area contributed by atoms with Crippen LogP contribution in [0.2, 0.25) is 0 Å². The molecular weight excluding hydrogens is 400 g/mol. The lowest BCUT2D eigenvalue weighted by Gasteiger charge is -2.10. The van der Waals surface area contributed by atoms with Gasteiger partial charge in [0, 0.05) is 12.6 Å². The summed E-state index contributed by atoms with van der Waals surface area (Å²) in [6.07, 6.45) is 0.601. The van der Waals surface area contributed by atoms with Crippen LogP contribution in [0.25, 0.3) is 5.69 Å². The molecule has 0 aliphatic rings. The van der Waals surface area contributed by atoms with Crippen molar-refractivity contribution in [1.29, 1.82) is 0 Å². The number of amides is 1. The highest BCUT2D eigenvalue weighted by atomic mass is 32.2. The first kappa shape index (κ1) is 19.8. The van der Waals surface area contributed by atoms with Crippen molar-refractivity contribution in [3.05, 3.63) is 77.8 Å². The Morgan fingerprint density at radius 2 is 1.83 bits per heavy atom. The van der Waals surface area contributed by atoms with Crippen molar-refractivity contribution in [1.82, 2.24) is 25.0 Å². The molecule has 4 aromatic rings. The van der Waals surface area contributed by atoms with Crippen molar-refractivity contribution in [3.63, 3.8) is 0 Å². The van der Waals surface area contributed by atoms with Crippen LogP contribution >= 0.6 is 11.8 Å². The maximum Gasteiger partial charge on any atom is 0.226 e. The molecule has 1 N–H and O–H groups in total. The Hall–Kier alpha value is -3.46. The number of carbonyl (C=O) groups is 1. The van der Waals surface area contributed by atoms with Gasteiger partial charge >= 0.3 is 0 Å². The molecule has 2 heterocycles. The van der Waals surface area contributed by atoms with Gasteiger partial charge in [0.15, 0.2) is 5.16 Å². The van der Waals surface area contributed by atoms with Crippen molar-refractivity contribution in [2.45, 2.75) is 31.2 Å². The van der Waals surface area contributed by atoms with Gasteiger partial charge in [-0.1, -0.05) is 48.2 Å². The molecule has 0 unspecified atom stereocenters. The molecule has 9 heteroatoms. The number of rotatable bonds is 7. The van der Waals surface area contributed by atoms with E-state index in [0.717, 1.165) is 17.1 Å². The fourth-order valence-electron chi connectivity index (χ4n) is 2.97. The van der Waals surface area contributed by atoms with E-state index in [4.69, 9.17) is 4.42 Å². The van der Waals surface area contributed by atoms with Crippen LogP contribution < -0.4 is 5.32 Å². The van der Waals surface area contributed by atoms with E-state index < -0.39 is 0 Å². The van der Waals surface area contributed by atoms with Crippen LogP contribution in [0.4, 0.5) is 5.69 Å². The first-order valence-electron chi connectivity index (χ1n) is 9.36. The van der Waals surface area contributed by atoms with Gasteiger partial charge < -0.3 is 9.73 Å². The normalized spacial score (nSPS) is 10.9. The van der Waals surface area contributed by atoms with Crippen molar-refractivity contribution < 1.29 is 9.21 Å². The number of nitrogens with one attached hydrogen (secondary N) is 1. The summed E-state index contributed by atoms with van der Waals surface area (Å²) >= 11 is 1.46. The van der Waals surface area contributed by atoms with Crippen LogP contribution in [0.3, 0.4) is 0 Å². The van der Waals surface area contributed by atoms with Gasteiger partial charge in [0.05, 0.1) is 17.9 Å². The lowest BCUT2D eigenvalue weighted by atomic mass is 10.2. The average molecular weight is 420 g/mol. The highest BCUT2D eigenvalue weighted by Gasteiger charge is 2.14. The van der Waals surface area contributed by atoms with E-state index in [0.29, 0.717) is 34.8 Å². The third-order valence-corrected chi connectivity index (χ3v) is 5.17. The van der Waals surface area contributed by atoms with Crippen LogP contribution in [-0.2, 0) is 17.0 Å². The van der Waals surface area contributed by atoms with E-state index >= 15 is 0 Å². The molecule has 0 saturated heterocycles. The van der Waals surface area contributed by atoms with Crippen LogP contribution in [0, 0.1) is 6.92 Å². The molecule has 1 amide bonds. The van der Waals surface area contributed by atoms with Gasteiger partial charge in [-0.25, -0.2) is 0 Å². The fourth-order valence-corrected chi connectivity index (χ4v) is 3.81. The summed E-state index contributed by atoms with van der Waals surface area (Å²) in [6.45, 7) is 3.36. The lowest BCUT2D eigenvalue weighted by molar-refractivity contribution is -0.114. The summed E-state index contributed by atoms with van der Waals surface area (Å²) < 4.78 is 7.70. The quantitative estimate of drug-likeness (QED) is 0.454. The Kier molecular flexibility index (Phi) is 5.89. The number of aryl methyl sites for hydroxylation is 1. The Bertz CT molecular complexity index is 1160. The predicted molar refractivity (Wildman–Crippen MR) is 114 cm³/mol. The minimum absolute atomic E-state index is 0.120. The van der Waals surface area contributed by atoms with E-state index in [-0.39, 0.29) is 5.91 Å². The summed E-state index contributed by atoms with van der Waals surface area (Å²) in [7, 11) is 0. The number of benzene rings is 2. The second kappa shape index (κ2) is 8.91. The summed E-state index contributed by atoms with van der Waals surface area (Å²) in [4.78, 5) is 11.4. The van der Waals surface area contributed by atoms with Crippen molar-refractivity contribution in [2.75, 3.05) is 5.32 Å². The molecule has 2 aromatic heterocycles. The molecule has 152 valence electrons. The number of nitrogens with zero attached hydrogens (tertiary/aromatic N) is 5. The second-order valence-electron chi connectivity index (χ2n) is 6.64. The highest BCUT2D eigenvalue weighted by Crippen LogP contribution is 2.26. The van der Waals surface area contributed by atoms with E-state index in [1.165, 1.54) is 18.7 Å². The minimum Gasteiger partial charge on any atom is -0.424 e. The zero-order valence-electron chi connectivity index (χ0n) is 16.6. The number of hydrogen-bond acceptors (Lipinski definition) is 7. The van der Waals surface area contributed by atoms with E-state index in [2.05, 4.69) is 25.7 Å². The maximum absolute atomic E-state index is 11.4. The molecule has 0 aliphatic carbocycles. The Morgan fingerprint density at radius 3 is 2.63 bits per heavy atom. The number of hydrogen-bond donors (Lipinski definition) is 1. The van der Waals surface area contributed by atoms with Gasteiger partial charge in [-0.15, -0.1) is 20.4 Å². The molecule has 0 atom stereocenters. The van der Waals surface area contributed by atoms with Gasteiger partial charge in [0.25, 0.3) is 0 Å². The first-order valence-corrected chi connectivity index (χ1v) is 10.3. The Labute approximate surface area is 177 Å². The molecular formula is C21H20N6O2S. The lowest BCUT2D eigenvalue weighted by Crippen LogP contribution is -2.07. The monoisotopic (exact) mass is 420 g/mol. The fraction of sp³-hybridized carbons (Fsp3) is 0.190. The molecule has 30 heavy (non-hydrogen) atoms. The molecule has 0 aliphatic heterocycles. The molecule has 0 saturated carbocycles. The SMILES string of the molecule is CC(=O)Nc1cccc(-n2c(C)nnc2SCc2nnc(Cc3ccccc3)o2)c1. The molecule has 2 aromatic carbocycles. The van der Waals surface area contributed by atoms with E-state index in [9.17, 15) is 4.79 Å². The Balaban J connectivity index is 1.47. The summed E-state index contributed by atoms with van der Waals surface area (Å²) in [5.74, 6) is 2.21. The standard InChI is InChI=1S/C21H20N6O2S/c1-14-23-26-21(27(14)18-10-6-9-17(12-18)22-15(2)28)30-13-20-25-24-19(29-20)11-16-7-4-3-5-8-16/h3-10,12H,11,13H2,1-2H3,(H,22,28). The van der Waals surface area contributed by atoms with Gasteiger partial charge in [-0.3, -0.25) is 9.36 Å². The zero-order chi connectivity index (χ0) is 20.9. The Morgan fingerprint density at radius 1 is 1.03 bits per heavy atom. The zero-order valence-corrected chi connectivity index (χ0v) is 17.4. The summed E-state index contributed by atoms with van der Waals surface area (Å²) in [6, 6.07) is 17.5. The van der Waals surface area contributed by atoms with Gasteiger partial charge in [-0.05, 0) is 30.7 Å². The van der Waals surface area contributed by atoms with E-state index in [1.54, 1.807) is 0 Å². The van der Waals surface area contributed by atoms with Gasteiger partial charge in [0.2, 0.25) is 17.7 Å². The van der Waals surface area contributed by atoms with E-state index in [1.807, 2.05) is 66.1 Å². The first-order chi connectivity index (χ1) is 14.6. The topological polar surface area (TPSA) is 98.7 Å². The van der Waals surface area contributed by atoms with Crippen LogP contribution in [0.15, 0.2) is 64.2 Å². The molecule has 0 spiro atoms. The van der Waals surface area contributed by atoms with Gasteiger partial charge in [-0.2, -0.15) is 0 Å². The number of aromatic nitrogens is 5. The van der Waals surface area contributed by atoms with Crippen LogP contribution in [0.5, 0.6) is 0 Å². The molecule has 0 bridgehead atoms. The molecule has 8 nitrogen and oxygen atoms in total. The smallest absolute Gasteiger partial charge is 0.226 e. The maximum atomic E-state index is 11.4. The van der Waals surface area contributed by atoms with Crippen molar-refractivity contribution in [3.8, 4) is 5.69 Å². The molecule has 4 rings (SSSR count). The summed E-state index contributed by atoms with van der Waals surface area (Å²) in [5, 5.41) is 20.2. The van der Waals surface area contributed by atoms with Gasteiger partial charge in [0.1, 0.15) is 5.82 Å². The molecule has 0 fully saturated rings. The largest absolute Gasteiger partial charge is 0.424 e.